The van der Waals surface area contributed by atoms with Gasteiger partial charge in [0, 0.05) is 91.7 Å². The third kappa shape index (κ3) is 5.44. The van der Waals surface area contributed by atoms with E-state index < -0.39 is 0 Å². The van der Waals surface area contributed by atoms with Crippen molar-refractivity contribution in [2.45, 2.75) is 52.4 Å². The molecule has 15 aromatic rings. The highest BCUT2D eigenvalue weighted by molar-refractivity contribution is 7.33. The lowest BCUT2D eigenvalue weighted by atomic mass is 9.36. The predicted molar refractivity (Wildman–Crippen MR) is 327 cm³/mol. The van der Waals surface area contributed by atoms with Gasteiger partial charge in [-0.05, 0) is 99.6 Å². The van der Waals surface area contributed by atoms with Crippen LogP contribution >= 0.6 is 11.3 Å². The van der Waals surface area contributed by atoms with Gasteiger partial charge in [0.25, 0.3) is 6.71 Å². The number of benzene rings is 10. The van der Waals surface area contributed by atoms with E-state index in [9.17, 15) is 0 Å². The van der Waals surface area contributed by atoms with Gasteiger partial charge in [-0.3, -0.25) is 0 Å². The minimum atomic E-state index is -0.0255. The molecule has 0 bridgehead atoms. The van der Waals surface area contributed by atoms with E-state index in [0.717, 1.165) is 5.69 Å². The summed E-state index contributed by atoms with van der Waals surface area (Å²) >= 11 is 1.99. The highest BCUT2D eigenvalue weighted by Crippen LogP contribution is 2.51. The van der Waals surface area contributed by atoms with Crippen molar-refractivity contribution in [1.82, 2.24) is 13.5 Å². The van der Waals surface area contributed by atoms with Crippen LogP contribution < -0.4 is 20.6 Å². The van der Waals surface area contributed by atoms with Gasteiger partial charge >= 0.3 is 0 Å². The third-order valence-corrected chi connectivity index (χ3v) is 18.7. The first-order valence-corrected chi connectivity index (χ1v) is 27.7. The molecule has 5 aromatic heterocycles. The average Bonchev–Trinajstić information content (AvgIpc) is 4.42. The Bertz CT molecular complexity index is 5010. The van der Waals surface area contributed by atoms with Crippen LogP contribution in [0.5, 0.6) is 0 Å². The zero-order valence-corrected chi connectivity index (χ0v) is 44.1. The van der Waals surface area contributed by atoms with E-state index in [1.807, 2.05) is 11.3 Å². The van der Waals surface area contributed by atoms with E-state index in [0.29, 0.717) is 0 Å². The molecule has 0 radical (unpaired) electrons. The van der Waals surface area contributed by atoms with Crippen molar-refractivity contribution in [3.05, 3.63) is 211 Å². The minimum absolute atomic E-state index is 0.0165. The second-order valence-corrected chi connectivity index (χ2v) is 24.7. The van der Waals surface area contributed by atoms with Crippen LogP contribution in [-0.2, 0) is 10.8 Å². The largest absolute Gasteiger partial charge is 0.310 e. The van der Waals surface area contributed by atoms with E-state index >= 15 is 0 Å². The Balaban J connectivity index is 1.07. The van der Waals surface area contributed by atoms with Crippen LogP contribution in [0.4, 0.5) is 17.1 Å². The zero-order chi connectivity index (χ0) is 50.7. The zero-order valence-electron chi connectivity index (χ0n) is 43.3. The topological polar surface area (TPSA) is 17.5 Å². The summed E-state index contributed by atoms with van der Waals surface area (Å²) in [5.74, 6) is 0. The van der Waals surface area contributed by atoms with Crippen LogP contribution in [0.2, 0.25) is 0 Å². The fourth-order valence-corrected chi connectivity index (χ4v) is 15.3. The normalized spacial score (nSPS) is 13.6. The summed E-state index contributed by atoms with van der Waals surface area (Å²) in [6.45, 7) is 13.9. The molecule has 0 N–H and O–H groups in total. The van der Waals surface area contributed by atoms with Gasteiger partial charge in [0.1, 0.15) is 0 Å². The quantitative estimate of drug-likeness (QED) is 0.161. The molecule has 0 fully saturated rings. The average molecular weight is 991 g/mol. The number of aromatic nitrogens is 3. The molecule has 0 amide bonds. The maximum Gasteiger partial charge on any atom is 0.264 e. The smallest absolute Gasteiger partial charge is 0.264 e. The predicted octanol–water partition coefficient (Wildman–Crippen LogP) is 17.1. The first kappa shape index (κ1) is 42.7. The monoisotopic (exact) mass is 990 g/mol. The van der Waals surface area contributed by atoms with Crippen LogP contribution in [0.1, 0.15) is 52.7 Å². The number of nitrogens with zero attached hydrogens (tertiary/aromatic N) is 4. The molecular weight excluding hydrogens is 940 g/mol. The molecule has 7 heterocycles. The van der Waals surface area contributed by atoms with E-state index in [1.165, 1.54) is 152 Å². The van der Waals surface area contributed by atoms with Crippen LogP contribution in [-0.4, -0.2) is 20.2 Å². The van der Waals surface area contributed by atoms with Gasteiger partial charge in [-0.25, -0.2) is 0 Å². The molecule has 0 aliphatic carbocycles. The molecule has 0 saturated heterocycles. The van der Waals surface area contributed by atoms with Gasteiger partial charge in [0.05, 0.1) is 44.5 Å². The lowest BCUT2D eigenvalue weighted by Crippen LogP contribution is -2.59. The number of anilines is 3. The summed E-state index contributed by atoms with van der Waals surface area (Å²) in [5.41, 5.74) is 22.7. The van der Waals surface area contributed by atoms with Crippen LogP contribution in [0.15, 0.2) is 200 Å². The molecule has 10 aromatic carbocycles. The highest BCUT2D eigenvalue weighted by atomic mass is 32.1. The van der Waals surface area contributed by atoms with Crippen molar-refractivity contribution in [3.8, 4) is 22.5 Å². The maximum absolute atomic E-state index is 2.71. The molecular formula is C70H51BN4S. The lowest BCUT2D eigenvalue weighted by Gasteiger charge is -2.40. The van der Waals surface area contributed by atoms with Crippen LogP contribution in [0, 0.1) is 0 Å². The van der Waals surface area contributed by atoms with E-state index in [-0.39, 0.29) is 17.5 Å². The SMILES string of the molecule is CC(C)(C)c1ccc(N2c3ccc(-c4cccc5c6cccc7c8ccccc8n(c45)c76)c4c3B(c3sc5ccc(C(C)(C)C)cc5c32)c2cccc3c5cc6c7ccccc7n(-c7ccccc7)c6cc5n-4c23)cc1. The van der Waals surface area contributed by atoms with Crippen LogP contribution in [0.3, 0.4) is 0 Å². The van der Waals surface area contributed by atoms with Crippen molar-refractivity contribution in [3.63, 3.8) is 0 Å². The summed E-state index contributed by atoms with van der Waals surface area (Å²) in [6.07, 6.45) is 0. The number of rotatable bonds is 3. The summed E-state index contributed by atoms with van der Waals surface area (Å²) in [5, 5.41) is 11.6. The number of hydrogen-bond donors (Lipinski definition) is 0. The molecule has 76 heavy (non-hydrogen) atoms. The second-order valence-electron chi connectivity index (χ2n) is 23.6. The fourth-order valence-electron chi connectivity index (χ4n) is 14.0. The van der Waals surface area contributed by atoms with Crippen molar-refractivity contribution in [2.24, 2.45) is 0 Å². The van der Waals surface area contributed by atoms with E-state index in [4.69, 9.17) is 0 Å². The van der Waals surface area contributed by atoms with Gasteiger partial charge in [-0.1, -0.05) is 175 Å². The Labute approximate surface area is 444 Å². The summed E-state index contributed by atoms with van der Waals surface area (Å²) < 4.78 is 10.5. The van der Waals surface area contributed by atoms with E-state index in [2.05, 4.69) is 260 Å². The minimum Gasteiger partial charge on any atom is -0.310 e. The van der Waals surface area contributed by atoms with Gasteiger partial charge in [-0.15, -0.1) is 11.3 Å². The molecule has 360 valence electrons. The van der Waals surface area contributed by atoms with Gasteiger partial charge < -0.3 is 18.4 Å². The lowest BCUT2D eigenvalue weighted by molar-refractivity contribution is 0.590. The fraction of sp³-hybridized carbons (Fsp3) is 0.114. The third-order valence-electron chi connectivity index (χ3n) is 17.5. The summed E-state index contributed by atoms with van der Waals surface area (Å²) in [7, 11) is 0. The van der Waals surface area contributed by atoms with Gasteiger partial charge in [0.2, 0.25) is 0 Å². The number of hydrogen-bond acceptors (Lipinski definition) is 2. The number of fused-ring (bicyclic) bond motifs is 18. The Morgan fingerprint density at radius 2 is 0.987 bits per heavy atom. The maximum atomic E-state index is 2.71. The molecule has 17 rings (SSSR count). The van der Waals surface area contributed by atoms with Crippen molar-refractivity contribution in [1.29, 1.82) is 0 Å². The Kier molecular flexibility index (Phi) is 8.23. The first-order valence-electron chi connectivity index (χ1n) is 26.9. The summed E-state index contributed by atoms with van der Waals surface area (Å²) in [4.78, 5) is 2.64. The molecule has 0 atom stereocenters. The standard InChI is InChI=1S/C70H51BN4S/c1-69(2,3)40-29-32-43(33-30-40)73-58-35-34-51(49-24-15-23-48-47-22-14-21-46-44-19-10-13-28-57(44)74(63(46)47)64(48)49)66-62(58)71(68-67(73)54-37-41(70(4,5)6)31-36-61(54)76-68)55-26-16-25-50-53-38-52-45-20-11-12-27-56(45)72(42-17-8-7-9-18-42)59(52)39-60(53)75(66)65(50)55/h7-39H,1-6H3. The molecule has 2 aliphatic rings. The summed E-state index contributed by atoms with van der Waals surface area (Å²) in [6, 6.07) is 76.7. The van der Waals surface area contributed by atoms with Gasteiger partial charge in [0.15, 0.2) is 0 Å². The molecule has 4 nitrogen and oxygen atoms in total. The van der Waals surface area contributed by atoms with Crippen LogP contribution in [0.25, 0.3) is 114 Å². The van der Waals surface area contributed by atoms with Gasteiger partial charge in [-0.2, -0.15) is 0 Å². The van der Waals surface area contributed by atoms with Crippen molar-refractivity contribution >= 4 is 143 Å². The van der Waals surface area contributed by atoms with Crippen molar-refractivity contribution < 1.29 is 0 Å². The first-order chi connectivity index (χ1) is 37.0. The molecule has 2 aliphatic heterocycles. The molecule has 0 saturated carbocycles. The number of para-hydroxylation sites is 6. The molecule has 0 unspecified atom stereocenters. The highest BCUT2D eigenvalue weighted by Gasteiger charge is 2.45. The second kappa shape index (κ2) is 14.6. The van der Waals surface area contributed by atoms with Crippen molar-refractivity contribution in [2.75, 3.05) is 4.90 Å². The van der Waals surface area contributed by atoms with E-state index in [1.54, 1.807) is 0 Å². The molecule has 6 heteroatoms. The Hall–Kier alpha value is -8.58. The molecule has 0 spiro atoms. The Morgan fingerprint density at radius 1 is 0.382 bits per heavy atom. The Morgan fingerprint density at radius 3 is 1.75 bits per heavy atom. The number of thiophene rings is 1.